The first-order chi connectivity index (χ1) is 11.5. The normalized spacial score (nSPS) is 15.4. The van der Waals surface area contributed by atoms with E-state index in [9.17, 15) is 18.4 Å². The van der Waals surface area contributed by atoms with Gasteiger partial charge in [-0.25, -0.2) is 8.78 Å². The van der Waals surface area contributed by atoms with Gasteiger partial charge in [-0.1, -0.05) is 19.8 Å². The smallest absolute Gasteiger partial charge is 0.309 e. The van der Waals surface area contributed by atoms with Crippen molar-refractivity contribution in [3.05, 3.63) is 35.4 Å². The molecule has 0 saturated carbocycles. The van der Waals surface area contributed by atoms with Crippen LogP contribution in [-0.4, -0.2) is 36.5 Å². The number of nitrogens with zero attached hydrogens (tertiary/aromatic N) is 1. The van der Waals surface area contributed by atoms with E-state index in [-0.39, 0.29) is 17.5 Å². The van der Waals surface area contributed by atoms with Gasteiger partial charge in [-0.15, -0.1) is 0 Å². The molecule has 0 unspecified atom stereocenters. The fourth-order valence-electron chi connectivity index (χ4n) is 2.79. The van der Waals surface area contributed by atoms with Gasteiger partial charge in [0.25, 0.3) is 5.91 Å². The Hall–Kier alpha value is -1.98. The number of esters is 1. The van der Waals surface area contributed by atoms with Gasteiger partial charge in [-0.05, 0) is 31.4 Å². The van der Waals surface area contributed by atoms with Crippen LogP contribution in [0.3, 0.4) is 0 Å². The molecule has 1 aromatic rings. The van der Waals surface area contributed by atoms with E-state index < -0.39 is 17.5 Å². The van der Waals surface area contributed by atoms with Crippen LogP contribution in [0.25, 0.3) is 0 Å². The minimum atomic E-state index is -0.863. The molecule has 1 saturated heterocycles. The molecular formula is C18H23F2NO3. The molecule has 1 amide bonds. The molecule has 4 nitrogen and oxygen atoms in total. The van der Waals surface area contributed by atoms with Crippen LogP contribution in [0.2, 0.25) is 0 Å². The van der Waals surface area contributed by atoms with Crippen molar-refractivity contribution in [2.24, 2.45) is 5.92 Å². The fourth-order valence-corrected chi connectivity index (χ4v) is 2.79. The van der Waals surface area contributed by atoms with Crippen LogP contribution < -0.4 is 0 Å². The maximum atomic E-state index is 13.7. The van der Waals surface area contributed by atoms with E-state index in [4.69, 9.17) is 4.74 Å². The average molecular weight is 339 g/mol. The summed E-state index contributed by atoms with van der Waals surface area (Å²) in [4.78, 5) is 25.8. The van der Waals surface area contributed by atoms with E-state index in [0.29, 0.717) is 38.6 Å². The molecule has 1 heterocycles. The van der Waals surface area contributed by atoms with Crippen LogP contribution in [0.15, 0.2) is 18.2 Å². The summed E-state index contributed by atoms with van der Waals surface area (Å²) in [5.74, 6) is -2.48. The number of piperidine rings is 1. The summed E-state index contributed by atoms with van der Waals surface area (Å²) in [5.41, 5.74) is -0.142. The zero-order valence-corrected chi connectivity index (χ0v) is 13.9. The number of hydrogen-bond acceptors (Lipinski definition) is 3. The van der Waals surface area contributed by atoms with Gasteiger partial charge in [-0.3, -0.25) is 9.59 Å². The maximum Gasteiger partial charge on any atom is 0.309 e. The first kappa shape index (κ1) is 18.4. The van der Waals surface area contributed by atoms with E-state index in [2.05, 4.69) is 6.92 Å². The molecule has 132 valence electrons. The molecule has 0 aromatic heterocycles. The SMILES string of the molecule is CCCCCOC(=O)C1CCN(C(=O)c2ccc(F)cc2F)CC1. The third-order valence-corrected chi connectivity index (χ3v) is 4.27. The highest BCUT2D eigenvalue weighted by atomic mass is 19.1. The molecule has 0 spiro atoms. The monoisotopic (exact) mass is 339 g/mol. The van der Waals surface area contributed by atoms with Crippen molar-refractivity contribution in [3.63, 3.8) is 0 Å². The highest BCUT2D eigenvalue weighted by Gasteiger charge is 2.29. The quantitative estimate of drug-likeness (QED) is 0.588. The van der Waals surface area contributed by atoms with Gasteiger partial charge in [0.15, 0.2) is 0 Å². The van der Waals surface area contributed by atoms with Gasteiger partial charge in [0.1, 0.15) is 11.6 Å². The molecular weight excluding hydrogens is 316 g/mol. The molecule has 24 heavy (non-hydrogen) atoms. The number of carbonyl (C=O) groups excluding carboxylic acids is 2. The second-order valence-corrected chi connectivity index (χ2v) is 6.07. The topological polar surface area (TPSA) is 46.6 Å². The number of ether oxygens (including phenoxy) is 1. The van der Waals surface area contributed by atoms with Gasteiger partial charge in [-0.2, -0.15) is 0 Å². The highest BCUT2D eigenvalue weighted by Crippen LogP contribution is 2.21. The lowest BCUT2D eigenvalue weighted by Crippen LogP contribution is -2.41. The zero-order valence-electron chi connectivity index (χ0n) is 13.9. The van der Waals surface area contributed by atoms with Crippen molar-refractivity contribution < 1.29 is 23.1 Å². The van der Waals surface area contributed by atoms with Crippen molar-refractivity contribution >= 4 is 11.9 Å². The Morgan fingerprint density at radius 1 is 1.21 bits per heavy atom. The van der Waals surface area contributed by atoms with Crippen molar-refractivity contribution in [2.45, 2.75) is 39.0 Å². The van der Waals surface area contributed by atoms with Gasteiger partial charge >= 0.3 is 5.97 Å². The summed E-state index contributed by atoms with van der Waals surface area (Å²) < 4.78 is 31.9. The predicted molar refractivity (Wildman–Crippen MR) is 85.5 cm³/mol. The molecule has 1 fully saturated rings. The predicted octanol–water partition coefficient (Wildman–Crippen LogP) is 3.55. The number of benzene rings is 1. The van der Waals surface area contributed by atoms with Gasteiger partial charge < -0.3 is 9.64 Å². The Labute approximate surface area is 140 Å². The van der Waals surface area contributed by atoms with Crippen LogP contribution in [0.1, 0.15) is 49.4 Å². The number of amides is 1. The number of halogens is 2. The Morgan fingerprint density at radius 3 is 2.54 bits per heavy atom. The van der Waals surface area contributed by atoms with E-state index in [1.165, 1.54) is 4.90 Å². The minimum absolute atomic E-state index is 0.142. The Morgan fingerprint density at radius 2 is 1.92 bits per heavy atom. The summed E-state index contributed by atoms with van der Waals surface area (Å²) >= 11 is 0. The van der Waals surface area contributed by atoms with Crippen LogP contribution >= 0.6 is 0 Å². The van der Waals surface area contributed by atoms with E-state index in [1.807, 2.05) is 0 Å². The van der Waals surface area contributed by atoms with E-state index >= 15 is 0 Å². The van der Waals surface area contributed by atoms with Crippen LogP contribution in [0, 0.1) is 17.6 Å². The molecule has 0 bridgehead atoms. The van der Waals surface area contributed by atoms with Crippen LogP contribution in [-0.2, 0) is 9.53 Å². The fraction of sp³-hybridized carbons (Fsp3) is 0.556. The Bertz CT molecular complexity index is 584. The Balaban J connectivity index is 1.83. The van der Waals surface area contributed by atoms with Gasteiger partial charge in [0.05, 0.1) is 18.1 Å². The van der Waals surface area contributed by atoms with Crippen molar-refractivity contribution in [1.29, 1.82) is 0 Å². The number of unbranched alkanes of at least 4 members (excludes halogenated alkanes) is 2. The molecule has 1 aromatic carbocycles. The number of rotatable bonds is 6. The maximum absolute atomic E-state index is 13.7. The third-order valence-electron chi connectivity index (χ3n) is 4.27. The lowest BCUT2D eigenvalue weighted by atomic mass is 9.96. The summed E-state index contributed by atoms with van der Waals surface area (Å²) in [6, 6.07) is 2.92. The molecule has 2 rings (SSSR count). The van der Waals surface area contributed by atoms with Crippen molar-refractivity contribution in [3.8, 4) is 0 Å². The van der Waals surface area contributed by atoms with E-state index in [0.717, 1.165) is 31.4 Å². The molecule has 0 N–H and O–H groups in total. The van der Waals surface area contributed by atoms with E-state index in [1.54, 1.807) is 0 Å². The van der Waals surface area contributed by atoms with Gasteiger partial charge in [0, 0.05) is 19.2 Å². The first-order valence-corrected chi connectivity index (χ1v) is 8.44. The number of likely N-dealkylation sites (tertiary alicyclic amines) is 1. The highest BCUT2D eigenvalue weighted by molar-refractivity contribution is 5.94. The lowest BCUT2D eigenvalue weighted by Gasteiger charge is -2.31. The molecule has 0 atom stereocenters. The first-order valence-electron chi connectivity index (χ1n) is 8.44. The molecule has 0 radical (unpaired) electrons. The van der Waals surface area contributed by atoms with Gasteiger partial charge in [0.2, 0.25) is 0 Å². The second kappa shape index (κ2) is 8.76. The molecule has 6 heteroatoms. The standard InChI is InChI=1S/C18H23F2NO3/c1-2-3-4-11-24-18(23)13-7-9-21(10-8-13)17(22)15-6-5-14(19)12-16(15)20/h5-6,12-13H,2-4,7-11H2,1H3. The van der Waals surface area contributed by atoms with Crippen molar-refractivity contribution in [1.82, 2.24) is 4.90 Å². The largest absolute Gasteiger partial charge is 0.465 e. The summed E-state index contributed by atoms with van der Waals surface area (Å²) in [7, 11) is 0. The third kappa shape index (κ3) is 4.76. The van der Waals surface area contributed by atoms with Crippen LogP contribution in [0.4, 0.5) is 8.78 Å². The second-order valence-electron chi connectivity index (χ2n) is 6.07. The number of hydrogen-bond donors (Lipinski definition) is 0. The average Bonchev–Trinajstić information content (AvgIpc) is 2.58. The Kier molecular flexibility index (Phi) is 6.70. The zero-order chi connectivity index (χ0) is 17.5. The summed E-state index contributed by atoms with van der Waals surface area (Å²) in [5, 5.41) is 0. The summed E-state index contributed by atoms with van der Waals surface area (Å²) in [6.07, 6.45) is 3.97. The molecule has 0 aliphatic carbocycles. The molecule has 1 aliphatic heterocycles. The summed E-state index contributed by atoms with van der Waals surface area (Å²) in [6.45, 7) is 3.25. The minimum Gasteiger partial charge on any atom is -0.465 e. The van der Waals surface area contributed by atoms with Crippen LogP contribution in [0.5, 0.6) is 0 Å². The number of carbonyl (C=O) groups is 2. The van der Waals surface area contributed by atoms with Crippen molar-refractivity contribution in [2.75, 3.05) is 19.7 Å². The lowest BCUT2D eigenvalue weighted by molar-refractivity contribution is -0.150. The molecule has 1 aliphatic rings.